The van der Waals surface area contributed by atoms with Gasteiger partial charge in [-0.1, -0.05) is 49.7 Å². The first-order valence-electron chi connectivity index (χ1n) is 12.2. The lowest BCUT2D eigenvalue weighted by Crippen LogP contribution is -2.21. The Balaban J connectivity index is 0.00000420. The topological polar surface area (TPSA) is 103 Å². The van der Waals surface area contributed by atoms with E-state index in [9.17, 15) is 0 Å². The Morgan fingerprint density at radius 1 is 1.10 bits per heavy atom. The highest BCUT2D eigenvalue weighted by Gasteiger charge is 2.22. The molecule has 4 rings (SSSR count). The summed E-state index contributed by atoms with van der Waals surface area (Å²) in [4.78, 5) is 13.9. The van der Waals surface area contributed by atoms with E-state index >= 15 is 0 Å². The first-order valence-corrected chi connectivity index (χ1v) is 12.6. The second-order valence-corrected chi connectivity index (χ2v) is 9.98. The van der Waals surface area contributed by atoms with Crippen LogP contribution in [0.4, 0.5) is 11.5 Å². The highest BCUT2D eigenvalue weighted by atomic mass is 35.5. The van der Waals surface area contributed by atoms with Gasteiger partial charge in [-0.2, -0.15) is 0 Å². The minimum absolute atomic E-state index is 0. The molecule has 2 heterocycles. The maximum Gasteiger partial charge on any atom is 0.158 e. The molecule has 0 aliphatic rings. The van der Waals surface area contributed by atoms with Crippen molar-refractivity contribution < 1.29 is 19.4 Å². The van der Waals surface area contributed by atoms with Gasteiger partial charge in [0.15, 0.2) is 5.82 Å². The molecule has 2 aromatic carbocycles. The van der Waals surface area contributed by atoms with Crippen LogP contribution in [0.15, 0.2) is 66.2 Å². The van der Waals surface area contributed by atoms with Crippen LogP contribution in [0.1, 0.15) is 26.3 Å². The van der Waals surface area contributed by atoms with E-state index in [2.05, 4.69) is 41.2 Å². The average molecular weight is 575 g/mol. The fourth-order valence-corrected chi connectivity index (χ4v) is 4.20. The smallest absolute Gasteiger partial charge is 0.158 e. The molecule has 208 valence electrons. The summed E-state index contributed by atoms with van der Waals surface area (Å²) in [6.45, 7) is 7.60. The van der Waals surface area contributed by atoms with Crippen molar-refractivity contribution in [3.63, 3.8) is 0 Å². The second kappa shape index (κ2) is 13.6. The predicted octanol–water partition coefficient (Wildman–Crippen LogP) is 6.45. The normalized spacial score (nSPS) is 11.8. The molecule has 0 aliphatic heterocycles. The van der Waals surface area contributed by atoms with Crippen molar-refractivity contribution in [2.75, 3.05) is 32.2 Å². The van der Waals surface area contributed by atoms with Crippen LogP contribution in [0.25, 0.3) is 11.0 Å². The average Bonchev–Trinajstić information content (AvgIpc) is 3.30. The number of oxime groups is 1. The predicted molar refractivity (Wildman–Crippen MR) is 157 cm³/mol. The van der Waals surface area contributed by atoms with Crippen molar-refractivity contribution in [3.05, 3.63) is 71.6 Å². The third kappa shape index (κ3) is 7.60. The van der Waals surface area contributed by atoms with E-state index in [1.54, 1.807) is 13.2 Å². The summed E-state index contributed by atoms with van der Waals surface area (Å²) in [5.74, 6) is 1.80. The number of nitrogens with one attached hydrogen (secondary N) is 1. The Hall–Kier alpha value is -3.37. The van der Waals surface area contributed by atoms with Crippen molar-refractivity contribution in [2.45, 2.75) is 27.3 Å². The van der Waals surface area contributed by atoms with E-state index in [1.807, 2.05) is 53.2 Å². The summed E-state index contributed by atoms with van der Waals surface area (Å²) in [5, 5.41) is 16.9. The largest absolute Gasteiger partial charge is 0.456 e. The Labute approximate surface area is 239 Å². The first kappa shape index (κ1) is 30.2. The van der Waals surface area contributed by atoms with Gasteiger partial charge < -0.3 is 29.3 Å². The van der Waals surface area contributed by atoms with Crippen LogP contribution in [0.3, 0.4) is 0 Å². The van der Waals surface area contributed by atoms with Gasteiger partial charge in [0.2, 0.25) is 0 Å². The fraction of sp³-hybridized carbons (Fsp3) is 0.321. The molecule has 0 atom stereocenters. The van der Waals surface area contributed by atoms with Crippen LogP contribution in [0.2, 0.25) is 5.02 Å². The number of aliphatic hydroxyl groups is 1. The lowest BCUT2D eigenvalue weighted by molar-refractivity contribution is 0.0875. The summed E-state index contributed by atoms with van der Waals surface area (Å²) in [6, 6.07) is 15.1. The molecule has 2 N–H and O–H groups in total. The van der Waals surface area contributed by atoms with Gasteiger partial charge in [-0.25, -0.2) is 9.97 Å². The number of nitrogens with zero attached hydrogens (tertiary/aromatic N) is 4. The molecule has 0 unspecified atom stereocenters. The minimum Gasteiger partial charge on any atom is -0.456 e. The maximum atomic E-state index is 8.92. The third-order valence-electron chi connectivity index (χ3n) is 5.69. The van der Waals surface area contributed by atoms with Gasteiger partial charge in [-0.05, 0) is 36.4 Å². The Bertz CT molecular complexity index is 1420. The van der Waals surface area contributed by atoms with Crippen LogP contribution >= 0.6 is 24.0 Å². The lowest BCUT2D eigenvalue weighted by atomic mass is 9.85. The molecule has 0 saturated carbocycles. The number of aliphatic hydroxyl groups excluding tert-OH is 1. The fourth-order valence-electron chi connectivity index (χ4n) is 3.99. The quantitative estimate of drug-likeness (QED) is 0.121. The summed E-state index contributed by atoms with van der Waals surface area (Å²) in [6.07, 6.45) is 3.45. The molecule has 11 heteroatoms. The molecular weight excluding hydrogens is 541 g/mol. The van der Waals surface area contributed by atoms with E-state index in [4.69, 9.17) is 31.0 Å². The van der Waals surface area contributed by atoms with Crippen molar-refractivity contribution >= 4 is 52.3 Å². The molecule has 0 bridgehead atoms. The molecular formula is C28H33Cl2N5O4. The number of hydrogen-bond acceptors (Lipinski definition) is 8. The number of aromatic nitrogens is 3. The lowest BCUT2D eigenvalue weighted by Gasteiger charge is -2.21. The monoisotopic (exact) mass is 573 g/mol. The van der Waals surface area contributed by atoms with Crippen molar-refractivity contribution in [1.29, 1.82) is 0 Å². The van der Waals surface area contributed by atoms with Gasteiger partial charge in [0, 0.05) is 29.4 Å². The molecule has 0 saturated heterocycles. The van der Waals surface area contributed by atoms with Crippen LogP contribution in [0, 0.1) is 5.41 Å². The molecule has 0 spiro atoms. The van der Waals surface area contributed by atoms with E-state index in [0.717, 1.165) is 28.0 Å². The van der Waals surface area contributed by atoms with Crippen molar-refractivity contribution in [3.8, 4) is 11.5 Å². The number of halogens is 2. The maximum absolute atomic E-state index is 8.92. The third-order valence-corrected chi connectivity index (χ3v) is 5.98. The van der Waals surface area contributed by atoms with Crippen LogP contribution in [-0.4, -0.2) is 52.3 Å². The number of hydrogen-bond donors (Lipinski definition) is 2. The van der Waals surface area contributed by atoms with Gasteiger partial charge in [-0.15, -0.1) is 12.4 Å². The van der Waals surface area contributed by atoms with E-state index in [-0.39, 0.29) is 24.4 Å². The van der Waals surface area contributed by atoms with Crippen molar-refractivity contribution in [1.82, 2.24) is 14.5 Å². The summed E-state index contributed by atoms with van der Waals surface area (Å²) in [7, 11) is 1.54. The van der Waals surface area contributed by atoms with E-state index in [0.29, 0.717) is 42.1 Å². The second-order valence-electron chi connectivity index (χ2n) is 9.57. The molecule has 4 aromatic rings. The molecule has 0 amide bonds. The summed E-state index contributed by atoms with van der Waals surface area (Å²) in [5.41, 5.74) is 3.92. The van der Waals surface area contributed by atoms with Gasteiger partial charge in [0.25, 0.3) is 0 Å². The van der Waals surface area contributed by atoms with Gasteiger partial charge in [-0.3, -0.25) is 0 Å². The van der Waals surface area contributed by atoms with E-state index < -0.39 is 0 Å². The zero-order valence-electron chi connectivity index (χ0n) is 22.3. The molecule has 0 radical (unpaired) electrons. The number of benzene rings is 2. The summed E-state index contributed by atoms with van der Waals surface area (Å²) >= 11 is 6.61. The molecule has 39 heavy (non-hydrogen) atoms. The SMILES string of the molecule is CON=C(c1cccc(Oc2ccc(Nc3ncnc4ccn(CCOCCO)c34)cc2Cl)c1)C(C)(C)C.Cl. The highest BCUT2D eigenvalue weighted by Crippen LogP contribution is 2.34. The number of rotatable bonds is 11. The molecule has 0 aliphatic carbocycles. The number of ether oxygens (including phenoxy) is 2. The van der Waals surface area contributed by atoms with Gasteiger partial charge in [0.1, 0.15) is 30.5 Å². The zero-order chi connectivity index (χ0) is 27.1. The Morgan fingerprint density at radius 3 is 2.64 bits per heavy atom. The van der Waals surface area contributed by atoms with Gasteiger partial charge in [0.05, 0.1) is 36.1 Å². The van der Waals surface area contributed by atoms with Gasteiger partial charge >= 0.3 is 0 Å². The first-order chi connectivity index (χ1) is 18.3. The van der Waals surface area contributed by atoms with Crippen LogP contribution < -0.4 is 10.1 Å². The number of fused-ring (bicyclic) bond motifs is 1. The van der Waals surface area contributed by atoms with E-state index in [1.165, 1.54) is 6.33 Å². The van der Waals surface area contributed by atoms with Crippen molar-refractivity contribution in [2.24, 2.45) is 10.6 Å². The van der Waals surface area contributed by atoms with Crippen LogP contribution in [0.5, 0.6) is 11.5 Å². The molecule has 0 fully saturated rings. The number of anilines is 2. The molecule has 9 nitrogen and oxygen atoms in total. The standard InChI is InChI=1S/C28H32ClN5O4.ClH/c1-28(2,3)26(33-36-4)19-6-5-7-21(16-19)38-24-9-8-20(17-22(24)29)32-27-25-23(30-18-31-27)10-11-34(25)12-14-37-15-13-35;/h5-11,16-18,35H,12-15H2,1-4H3,(H,30,31,32);1H. The Morgan fingerprint density at radius 2 is 1.92 bits per heavy atom. The zero-order valence-corrected chi connectivity index (χ0v) is 23.9. The minimum atomic E-state index is -0.210. The molecule has 2 aromatic heterocycles. The highest BCUT2D eigenvalue weighted by molar-refractivity contribution is 6.32. The Kier molecular flexibility index (Phi) is 10.5. The summed E-state index contributed by atoms with van der Waals surface area (Å²) < 4.78 is 13.5. The van der Waals surface area contributed by atoms with Crippen LogP contribution in [-0.2, 0) is 16.1 Å².